The lowest BCUT2D eigenvalue weighted by atomic mass is 10.0. The van der Waals surface area contributed by atoms with Gasteiger partial charge in [-0.2, -0.15) is 0 Å². The minimum absolute atomic E-state index is 0.140. The van der Waals surface area contributed by atoms with Gasteiger partial charge in [0, 0.05) is 42.9 Å². The Kier molecular flexibility index (Phi) is 4.09. The first kappa shape index (κ1) is 14.9. The standard InChI is InChI=1S/C17H18F2N2O/c1-22-12-6-13-14(16(19)7-12)10-21(17(13)8-20)9-11-4-2-3-5-15(11)18/h2-7,17H,8-10,20H2,1H3. The van der Waals surface area contributed by atoms with Gasteiger partial charge in [0.25, 0.3) is 0 Å². The number of benzene rings is 2. The van der Waals surface area contributed by atoms with Crippen molar-refractivity contribution in [2.75, 3.05) is 13.7 Å². The maximum absolute atomic E-state index is 14.2. The Morgan fingerprint density at radius 3 is 2.68 bits per heavy atom. The van der Waals surface area contributed by atoms with Gasteiger partial charge in [-0.25, -0.2) is 8.78 Å². The molecular weight excluding hydrogens is 286 g/mol. The summed E-state index contributed by atoms with van der Waals surface area (Å²) >= 11 is 0. The van der Waals surface area contributed by atoms with E-state index in [0.717, 1.165) is 5.56 Å². The molecule has 0 fully saturated rings. The first-order valence-electron chi connectivity index (χ1n) is 7.18. The molecule has 1 atom stereocenters. The summed E-state index contributed by atoms with van der Waals surface area (Å²) in [4.78, 5) is 1.99. The predicted octanol–water partition coefficient (Wildman–Crippen LogP) is 2.99. The van der Waals surface area contributed by atoms with Crippen molar-refractivity contribution in [3.05, 3.63) is 64.7 Å². The summed E-state index contributed by atoms with van der Waals surface area (Å²) in [7, 11) is 1.50. The lowest BCUT2D eigenvalue weighted by Crippen LogP contribution is -2.27. The average Bonchev–Trinajstić information content (AvgIpc) is 2.87. The molecule has 0 aromatic heterocycles. The van der Waals surface area contributed by atoms with Crippen molar-refractivity contribution in [2.45, 2.75) is 19.1 Å². The van der Waals surface area contributed by atoms with Gasteiger partial charge in [0.15, 0.2) is 0 Å². The maximum Gasteiger partial charge on any atom is 0.131 e. The summed E-state index contributed by atoms with van der Waals surface area (Å²) in [6.07, 6.45) is 0. The Labute approximate surface area is 128 Å². The first-order chi connectivity index (χ1) is 10.6. The number of hydrogen-bond acceptors (Lipinski definition) is 3. The molecule has 1 aliphatic heterocycles. The van der Waals surface area contributed by atoms with Gasteiger partial charge in [0.2, 0.25) is 0 Å². The van der Waals surface area contributed by atoms with Gasteiger partial charge in [-0.15, -0.1) is 0 Å². The minimum atomic E-state index is -0.302. The van der Waals surface area contributed by atoms with Crippen LogP contribution < -0.4 is 10.5 Å². The van der Waals surface area contributed by atoms with E-state index in [1.165, 1.54) is 19.2 Å². The van der Waals surface area contributed by atoms with Crippen LogP contribution in [0.5, 0.6) is 5.75 Å². The highest BCUT2D eigenvalue weighted by Gasteiger charge is 2.32. The van der Waals surface area contributed by atoms with Crippen molar-refractivity contribution >= 4 is 0 Å². The second kappa shape index (κ2) is 6.02. The minimum Gasteiger partial charge on any atom is -0.497 e. The van der Waals surface area contributed by atoms with E-state index in [2.05, 4.69) is 0 Å². The molecule has 2 N–H and O–H groups in total. The van der Waals surface area contributed by atoms with E-state index in [1.807, 2.05) is 11.0 Å². The van der Waals surface area contributed by atoms with Crippen LogP contribution in [-0.2, 0) is 13.1 Å². The number of halogens is 2. The Morgan fingerprint density at radius 1 is 1.23 bits per heavy atom. The smallest absolute Gasteiger partial charge is 0.131 e. The summed E-state index contributed by atoms with van der Waals surface area (Å²) in [6.45, 7) is 1.15. The molecule has 0 amide bonds. The molecule has 0 saturated heterocycles. The van der Waals surface area contributed by atoms with Crippen molar-refractivity contribution in [2.24, 2.45) is 5.73 Å². The number of nitrogens with zero attached hydrogens (tertiary/aromatic N) is 1. The Bertz CT molecular complexity index is 690. The molecule has 0 radical (unpaired) electrons. The third kappa shape index (κ3) is 2.58. The van der Waals surface area contributed by atoms with Crippen LogP contribution in [0.4, 0.5) is 8.78 Å². The molecule has 0 bridgehead atoms. The average molecular weight is 304 g/mol. The quantitative estimate of drug-likeness (QED) is 0.944. The summed E-state index contributed by atoms with van der Waals surface area (Å²) in [5.74, 6) is -0.0847. The maximum atomic E-state index is 14.2. The SMILES string of the molecule is COc1cc(F)c2c(c1)C(CN)N(Cc1ccccc1F)C2. The monoisotopic (exact) mass is 304 g/mol. The Morgan fingerprint density at radius 2 is 2.00 bits per heavy atom. The van der Waals surface area contributed by atoms with Crippen LogP contribution in [0.1, 0.15) is 22.7 Å². The third-order valence-corrected chi connectivity index (χ3v) is 4.15. The molecule has 2 aromatic rings. The number of rotatable bonds is 4. The van der Waals surface area contributed by atoms with Crippen molar-refractivity contribution < 1.29 is 13.5 Å². The normalized spacial score (nSPS) is 17.5. The van der Waals surface area contributed by atoms with Crippen LogP contribution in [-0.4, -0.2) is 18.6 Å². The number of nitrogens with two attached hydrogens (primary N) is 1. The van der Waals surface area contributed by atoms with Gasteiger partial charge in [-0.1, -0.05) is 18.2 Å². The van der Waals surface area contributed by atoms with Gasteiger partial charge in [-0.3, -0.25) is 4.90 Å². The molecule has 1 unspecified atom stereocenters. The molecule has 3 rings (SSSR count). The zero-order chi connectivity index (χ0) is 15.7. The molecule has 1 aliphatic rings. The van der Waals surface area contributed by atoms with E-state index in [9.17, 15) is 8.78 Å². The Balaban J connectivity index is 1.92. The van der Waals surface area contributed by atoms with Crippen LogP contribution >= 0.6 is 0 Å². The van der Waals surface area contributed by atoms with Gasteiger partial charge >= 0.3 is 0 Å². The number of hydrogen-bond donors (Lipinski definition) is 1. The largest absolute Gasteiger partial charge is 0.497 e. The summed E-state index contributed by atoms with van der Waals surface area (Å²) < 4.78 is 33.2. The fourth-order valence-electron chi connectivity index (χ4n) is 3.01. The number of fused-ring (bicyclic) bond motifs is 1. The zero-order valence-electron chi connectivity index (χ0n) is 12.4. The van der Waals surface area contributed by atoms with Crippen molar-refractivity contribution in [1.29, 1.82) is 0 Å². The topological polar surface area (TPSA) is 38.5 Å². The van der Waals surface area contributed by atoms with Crippen LogP contribution in [0, 0.1) is 11.6 Å². The van der Waals surface area contributed by atoms with Crippen LogP contribution in [0.3, 0.4) is 0 Å². The van der Waals surface area contributed by atoms with E-state index in [1.54, 1.807) is 18.2 Å². The fourth-order valence-corrected chi connectivity index (χ4v) is 3.01. The van der Waals surface area contributed by atoms with Crippen LogP contribution in [0.2, 0.25) is 0 Å². The molecule has 0 spiro atoms. The highest BCUT2D eigenvalue weighted by atomic mass is 19.1. The highest BCUT2D eigenvalue weighted by molar-refractivity contribution is 5.42. The molecule has 1 heterocycles. The lowest BCUT2D eigenvalue weighted by molar-refractivity contribution is 0.207. The van der Waals surface area contributed by atoms with E-state index in [4.69, 9.17) is 10.5 Å². The summed E-state index contributed by atoms with van der Waals surface area (Å²) in [5.41, 5.74) is 7.91. The lowest BCUT2D eigenvalue weighted by Gasteiger charge is -2.24. The van der Waals surface area contributed by atoms with Crippen LogP contribution in [0.15, 0.2) is 36.4 Å². The summed E-state index contributed by atoms with van der Waals surface area (Å²) in [5, 5.41) is 0. The third-order valence-electron chi connectivity index (χ3n) is 4.15. The van der Waals surface area contributed by atoms with Crippen LogP contribution in [0.25, 0.3) is 0 Å². The number of ether oxygens (including phenoxy) is 1. The number of methoxy groups -OCH3 is 1. The van der Waals surface area contributed by atoms with E-state index >= 15 is 0 Å². The van der Waals surface area contributed by atoms with E-state index in [-0.39, 0.29) is 17.7 Å². The molecule has 3 nitrogen and oxygen atoms in total. The molecule has 0 aliphatic carbocycles. The van der Waals surface area contributed by atoms with Gasteiger partial charge in [0.05, 0.1) is 7.11 Å². The highest BCUT2D eigenvalue weighted by Crippen LogP contribution is 2.38. The fraction of sp³-hybridized carbons (Fsp3) is 0.294. The second-order valence-electron chi connectivity index (χ2n) is 5.42. The van der Waals surface area contributed by atoms with E-state index in [0.29, 0.717) is 36.5 Å². The van der Waals surface area contributed by atoms with Crippen molar-refractivity contribution in [3.63, 3.8) is 0 Å². The summed E-state index contributed by atoms with van der Waals surface area (Å²) in [6, 6.07) is 9.67. The molecular formula is C17H18F2N2O. The molecule has 116 valence electrons. The molecule has 22 heavy (non-hydrogen) atoms. The predicted molar refractivity (Wildman–Crippen MR) is 80.4 cm³/mol. The Hall–Kier alpha value is -1.98. The second-order valence-corrected chi connectivity index (χ2v) is 5.42. The van der Waals surface area contributed by atoms with Gasteiger partial charge in [0.1, 0.15) is 17.4 Å². The van der Waals surface area contributed by atoms with Gasteiger partial charge in [-0.05, 0) is 17.7 Å². The first-order valence-corrected chi connectivity index (χ1v) is 7.18. The van der Waals surface area contributed by atoms with Gasteiger partial charge < -0.3 is 10.5 Å². The molecule has 2 aromatic carbocycles. The zero-order valence-corrected chi connectivity index (χ0v) is 12.4. The molecule has 0 saturated carbocycles. The van der Waals surface area contributed by atoms with Crippen molar-refractivity contribution in [3.8, 4) is 5.75 Å². The molecule has 5 heteroatoms. The van der Waals surface area contributed by atoms with Crippen molar-refractivity contribution in [1.82, 2.24) is 4.90 Å². The van der Waals surface area contributed by atoms with E-state index < -0.39 is 0 Å².